The molecule has 3 heterocycles. The predicted octanol–water partition coefficient (Wildman–Crippen LogP) is 2.95. The number of aryl methyl sites for hydroxylation is 1. The number of nitrogens with zero attached hydrogens (tertiary/aromatic N) is 4. The van der Waals surface area contributed by atoms with E-state index in [1.54, 1.807) is 25.6 Å². The number of imidazole rings is 1. The van der Waals surface area contributed by atoms with Gasteiger partial charge < -0.3 is 13.7 Å². The summed E-state index contributed by atoms with van der Waals surface area (Å²) in [6.07, 6.45) is 3.77. The van der Waals surface area contributed by atoms with Crippen LogP contribution in [0.2, 0.25) is 0 Å². The highest BCUT2D eigenvalue weighted by Crippen LogP contribution is 2.17. The number of pyridine rings is 1. The van der Waals surface area contributed by atoms with Crippen LogP contribution in [-0.2, 0) is 15.3 Å². The third kappa shape index (κ3) is 4.14. The number of hydrogen-bond acceptors (Lipinski definition) is 7. The minimum Gasteiger partial charge on any atom is -0.453 e. The van der Waals surface area contributed by atoms with Crippen molar-refractivity contribution in [2.75, 3.05) is 5.75 Å². The lowest BCUT2D eigenvalue weighted by molar-refractivity contribution is -0.149. The van der Waals surface area contributed by atoms with Crippen molar-refractivity contribution >= 4 is 23.4 Å². The Morgan fingerprint density at radius 3 is 3.04 bits per heavy atom. The maximum atomic E-state index is 11.8. The molecule has 126 valence electrons. The van der Waals surface area contributed by atoms with E-state index < -0.39 is 6.10 Å². The molecule has 0 radical (unpaired) electrons. The summed E-state index contributed by atoms with van der Waals surface area (Å²) in [5.41, 5.74) is 1.92. The van der Waals surface area contributed by atoms with Crippen LogP contribution in [0.15, 0.2) is 35.1 Å². The van der Waals surface area contributed by atoms with E-state index in [0.29, 0.717) is 23.9 Å². The number of carbonyl (C=O) groups is 1. The van der Waals surface area contributed by atoms with E-state index >= 15 is 0 Å². The van der Waals surface area contributed by atoms with Crippen LogP contribution in [0.5, 0.6) is 0 Å². The first-order chi connectivity index (χ1) is 11.6. The molecule has 0 aromatic carbocycles. The molecule has 0 aliphatic carbocycles. The molecule has 0 aliphatic rings. The Morgan fingerprint density at radius 2 is 2.29 bits per heavy atom. The summed E-state index contributed by atoms with van der Waals surface area (Å²) < 4.78 is 12.3. The molecule has 0 N–H and O–H groups in total. The summed E-state index contributed by atoms with van der Waals surface area (Å²) in [7, 11) is 0. The summed E-state index contributed by atoms with van der Waals surface area (Å²) in [4.78, 5) is 20.4. The van der Waals surface area contributed by atoms with Gasteiger partial charge in [0.15, 0.2) is 11.9 Å². The zero-order valence-electron chi connectivity index (χ0n) is 13.5. The highest BCUT2D eigenvalue weighted by atomic mass is 32.2. The van der Waals surface area contributed by atoms with Gasteiger partial charge in [-0.25, -0.2) is 4.98 Å². The number of fused-ring (bicyclic) bond motifs is 1. The lowest BCUT2D eigenvalue weighted by Gasteiger charge is -2.08. The van der Waals surface area contributed by atoms with Crippen molar-refractivity contribution in [2.45, 2.75) is 32.1 Å². The van der Waals surface area contributed by atoms with Gasteiger partial charge in [-0.15, -0.1) is 0 Å². The molecule has 0 bridgehead atoms. The second kappa shape index (κ2) is 7.48. The van der Waals surface area contributed by atoms with Crippen molar-refractivity contribution in [1.82, 2.24) is 19.5 Å². The molecule has 0 spiro atoms. The summed E-state index contributed by atoms with van der Waals surface area (Å²) in [5.74, 6) is 1.99. The van der Waals surface area contributed by atoms with Crippen LogP contribution < -0.4 is 0 Å². The van der Waals surface area contributed by atoms with E-state index in [1.165, 1.54) is 0 Å². The molecule has 0 saturated heterocycles. The monoisotopic (exact) mass is 346 g/mol. The molecule has 0 fully saturated rings. The first-order valence-corrected chi connectivity index (χ1v) is 8.77. The van der Waals surface area contributed by atoms with E-state index in [1.807, 2.05) is 35.0 Å². The average Bonchev–Trinajstić information content (AvgIpc) is 3.17. The highest BCUT2D eigenvalue weighted by Gasteiger charge is 2.17. The van der Waals surface area contributed by atoms with Crippen molar-refractivity contribution < 1.29 is 14.1 Å². The molecule has 24 heavy (non-hydrogen) atoms. The molecule has 0 amide bonds. The smallest absolute Gasteiger partial charge is 0.307 e. The van der Waals surface area contributed by atoms with Gasteiger partial charge in [0.1, 0.15) is 5.65 Å². The zero-order chi connectivity index (χ0) is 16.9. The highest BCUT2D eigenvalue weighted by molar-refractivity contribution is 7.98. The molecule has 0 aliphatic heterocycles. The third-order valence-corrected chi connectivity index (χ3v) is 4.31. The van der Waals surface area contributed by atoms with Gasteiger partial charge in [-0.3, -0.25) is 4.79 Å². The Kier molecular flexibility index (Phi) is 5.14. The number of hydrogen-bond donors (Lipinski definition) is 0. The van der Waals surface area contributed by atoms with Crippen molar-refractivity contribution in [2.24, 2.45) is 0 Å². The second-order valence-corrected chi connectivity index (χ2v) is 6.42. The Bertz CT molecular complexity index is 796. The summed E-state index contributed by atoms with van der Waals surface area (Å²) in [5, 5.41) is 3.68. The molecule has 8 heteroatoms. The van der Waals surface area contributed by atoms with Gasteiger partial charge in [0.25, 0.3) is 5.89 Å². The van der Waals surface area contributed by atoms with Crippen molar-refractivity contribution in [3.63, 3.8) is 0 Å². The van der Waals surface area contributed by atoms with E-state index in [2.05, 4.69) is 15.1 Å². The Labute approximate surface area is 143 Å². The van der Waals surface area contributed by atoms with Crippen molar-refractivity contribution in [1.29, 1.82) is 0 Å². The van der Waals surface area contributed by atoms with Crippen LogP contribution in [0, 0.1) is 6.92 Å². The van der Waals surface area contributed by atoms with Gasteiger partial charge in [-0.1, -0.05) is 11.2 Å². The fourth-order valence-electron chi connectivity index (χ4n) is 2.17. The van der Waals surface area contributed by atoms with Crippen LogP contribution in [0.3, 0.4) is 0 Å². The normalized spacial score (nSPS) is 12.4. The number of esters is 1. The maximum absolute atomic E-state index is 11.8. The Balaban J connectivity index is 1.40. The molecule has 7 nitrogen and oxygen atoms in total. The lowest BCUT2D eigenvalue weighted by atomic mass is 10.4. The zero-order valence-corrected chi connectivity index (χ0v) is 14.3. The van der Waals surface area contributed by atoms with Crippen LogP contribution in [-0.4, -0.2) is 31.2 Å². The van der Waals surface area contributed by atoms with E-state index in [0.717, 1.165) is 17.1 Å². The number of thioether (sulfide) groups is 1. The minimum absolute atomic E-state index is 0.277. The van der Waals surface area contributed by atoms with Gasteiger partial charge >= 0.3 is 5.97 Å². The van der Waals surface area contributed by atoms with Crippen LogP contribution in [0.25, 0.3) is 5.65 Å². The van der Waals surface area contributed by atoms with E-state index in [4.69, 9.17) is 9.26 Å². The van der Waals surface area contributed by atoms with Gasteiger partial charge in [-0.2, -0.15) is 16.7 Å². The van der Waals surface area contributed by atoms with E-state index in [9.17, 15) is 4.79 Å². The van der Waals surface area contributed by atoms with Crippen molar-refractivity contribution in [3.05, 3.63) is 48.0 Å². The summed E-state index contributed by atoms with van der Waals surface area (Å²) >= 11 is 1.65. The summed E-state index contributed by atoms with van der Waals surface area (Å²) in [6.45, 7) is 3.44. The molecule has 3 aromatic heterocycles. The topological polar surface area (TPSA) is 82.5 Å². The number of rotatable bonds is 7. The van der Waals surface area contributed by atoms with Gasteiger partial charge in [0, 0.05) is 23.9 Å². The standard InChI is InChI=1S/C16H18N4O3S/c1-11(16-17-12(2)19-23-16)22-15(21)6-8-24-10-13-9-20-7-4-3-5-14(20)18-13/h3-5,7,9,11H,6,8,10H2,1-2H3/t11-/m1/s1. The minimum atomic E-state index is -0.526. The van der Waals surface area contributed by atoms with Crippen LogP contribution >= 0.6 is 11.8 Å². The first-order valence-electron chi connectivity index (χ1n) is 7.62. The number of carbonyl (C=O) groups excluding carboxylic acids is 1. The Hall–Kier alpha value is -2.35. The quantitative estimate of drug-likeness (QED) is 0.480. The average molecular weight is 346 g/mol. The molecule has 3 aromatic rings. The number of ether oxygens (including phenoxy) is 1. The van der Waals surface area contributed by atoms with Gasteiger partial charge in [0.05, 0.1) is 12.1 Å². The molecular weight excluding hydrogens is 328 g/mol. The fraction of sp³-hybridized carbons (Fsp3) is 0.375. The van der Waals surface area contributed by atoms with E-state index in [-0.39, 0.29) is 5.97 Å². The van der Waals surface area contributed by atoms with Gasteiger partial charge in [0.2, 0.25) is 0 Å². The fourth-order valence-corrected chi connectivity index (χ4v) is 2.98. The van der Waals surface area contributed by atoms with Crippen LogP contribution in [0.4, 0.5) is 0 Å². The van der Waals surface area contributed by atoms with Crippen LogP contribution in [0.1, 0.15) is 36.9 Å². The number of aromatic nitrogens is 4. The second-order valence-electron chi connectivity index (χ2n) is 5.31. The molecule has 3 rings (SSSR count). The first kappa shape index (κ1) is 16.5. The maximum Gasteiger partial charge on any atom is 0.307 e. The third-order valence-electron chi connectivity index (χ3n) is 3.31. The molecule has 1 atom stereocenters. The summed E-state index contributed by atoms with van der Waals surface area (Å²) in [6, 6.07) is 5.89. The predicted molar refractivity (Wildman–Crippen MR) is 89.5 cm³/mol. The van der Waals surface area contributed by atoms with Crippen molar-refractivity contribution in [3.8, 4) is 0 Å². The SMILES string of the molecule is Cc1noc([C@@H](C)OC(=O)CCSCc2cn3ccccc3n2)n1. The molecule has 0 saturated carbocycles. The largest absolute Gasteiger partial charge is 0.453 e. The molecule has 0 unspecified atom stereocenters. The van der Waals surface area contributed by atoms with Gasteiger partial charge in [-0.05, 0) is 26.0 Å². The Morgan fingerprint density at radius 1 is 1.42 bits per heavy atom. The molecular formula is C16H18N4O3S. The lowest BCUT2D eigenvalue weighted by Crippen LogP contribution is -2.10.